The molecule has 7 heavy (non-hydrogen) atoms. The van der Waals surface area contributed by atoms with Gasteiger partial charge in [-0.3, -0.25) is 4.70 Å². The minimum Gasteiger partial charge on any atom is -0.269 e. The monoisotopic (exact) mass is 104 g/mol. The summed E-state index contributed by atoms with van der Waals surface area (Å²) in [5.74, 6) is 0. The highest BCUT2D eigenvalue weighted by Gasteiger charge is 0.605. The van der Waals surface area contributed by atoms with Gasteiger partial charge in [0.15, 0.2) is 0 Å². The lowest BCUT2D eigenvalue weighted by Gasteiger charge is -0.813. The molecule has 0 spiro atoms. The van der Waals surface area contributed by atoms with Gasteiger partial charge in [0.2, 0.25) is 0 Å². The molecular weight excluding hydrogens is 91.1 g/mol. The normalized spacial score (nSPS) is 1.71. The molecule has 44 valence electrons. The van der Waals surface area contributed by atoms with E-state index in [9.17, 15) is 0 Å². The Bertz CT molecular complexity index is 8.90. The van der Waals surface area contributed by atoms with Crippen LogP contribution >= 0.6 is 0 Å². The van der Waals surface area contributed by atoms with Gasteiger partial charge in [-0.1, -0.05) is 0 Å². The zero-order valence-corrected chi connectivity index (χ0v) is 4.65. The van der Waals surface area contributed by atoms with Crippen LogP contribution in [0.25, 0.3) is 0 Å². The second kappa shape index (κ2) is 123. The second-order valence-electron chi connectivity index (χ2n) is 0. The Hall–Kier alpha value is -0.850. The molecule has 0 amide bonds. The smallest absolute Gasteiger partial charge is 0.106 e. The molecule has 0 bridgehead atoms. The summed E-state index contributed by atoms with van der Waals surface area (Å²) in [6.45, 7) is 18.0. The van der Waals surface area contributed by atoms with E-state index in [0.717, 1.165) is 0 Å². The van der Waals surface area contributed by atoms with E-state index in [4.69, 9.17) is 0 Å². The Kier molecular flexibility index (Phi) is 619. The van der Waals surface area contributed by atoms with Crippen molar-refractivity contribution in [1.82, 2.24) is 0 Å². The molecule has 0 atom stereocenters. The van der Waals surface area contributed by atoms with Crippen molar-refractivity contribution >= 4 is 0 Å². The molecule has 0 saturated carbocycles. The average Bonchev–Trinajstić information content (AvgIpc) is 1.81. The molecule has 0 heterocycles. The van der Waals surface area contributed by atoms with Crippen molar-refractivity contribution in [1.29, 1.82) is 0 Å². The van der Waals surface area contributed by atoms with Crippen LogP contribution in [0.3, 0.4) is 0 Å². The van der Waals surface area contributed by atoms with E-state index in [2.05, 4.69) is 39.5 Å². The Balaban J connectivity index is -0.00000000900. The molecule has 0 fully saturated rings. The van der Waals surface area contributed by atoms with Gasteiger partial charge in [-0.2, -0.15) is 0 Å². The number of hydrogen-bond acceptors (Lipinski definition) is 0. The molecule has 0 unspecified atom stereocenters. The molecule has 0 aromatic rings. The van der Waals surface area contributed by atoms with Crippen molar-refractivity contribution in [3.63, 3.8) is 0 Å². The fourth-order valence-corrected chi connectivity index (χ4v) is 0. The fourth-order valence-electron chi connectivity index (χ4n) is 0. The Labute approximate surface area is 45.2 Å². The molecule has 0 aliphatic rings. The van der Waals surface area contributed by atoms with Crippen LogP contribution in [0.5, 0.6) is 0 Å². The lowest BCUT2D eigenvalue weighted by Crippen LogP contribution is -0.552. The molecule has 0 aliphatic heterocycles. The molecule has 0 radical (unpaired) electrons. The van der Waals surface area contributed by atoms with E-state index in [1.165, 1.54) is 0 Å². The van der Waals surface area contributed by atoms with Gasteiger partial charge in [0.25, 0.3) is 0 Å². The minimum atomic E-state index is 0. The van der Waals surface area contributed by atoms with Crippen molar-refractivity contribution in [2.75, 3.05) is 0 Å². The zero-order valence-electron chi connectivity index (χ0n) is 4.65. The summed E-state index contributed by atoms with van der Waals surface area (Å²) in [5.41, 5.74) is 0. The van der Waals surface area contributed by atoms with E-state index < -0.39 is 0 Å². The van der Waals surface area contributed by atoms with E-state index in [-0.39, 0.29) is 4.70 Å². The highest BCUT2D eigenvalue weighted by Crippen LogP contribution is 0.866. The number of rotatable bonds is 0. The van der Waals surface area contributed by atoms with Gasteiger partial charge >= 0.3 is 0 Å². The van der Waals surface area contributed by atoms with Crippen molar-refractivity contribution in [2.45, 2.75) is 0 Å². The standard InChI is InChI=1S/3C2H4.FH/c3*1-2;/h3*1-2H2;1H. The third kappa shape index (κ3) is 70.7. The SMILES string of the molecule is C=C.C=C.C=C.F. The number of hydrogen-bond donors (Lipinski definition) is 0. The number of halogens is 1. The van der Waals surface area contributed by atoms with Crippen LogP contribution in [0.2, 0.25) is 0 Å². The van der Waals surface area contributed by atoms with Crippen molar-refractivity contribution in [3.05, 3.63) is 39.5 Å². The summed E-state index contributed by atoms with van der Waals surface area (Å²) in [6.07, 6.45) is 0. The first-order chi connectivity index (χ1) is 3.00. The Morgan fingerprint density at radius 2 is 0.429 bits per heavy atom. The molecule has 0 aliphatic carbocycles. The first-order valence-electron chi connectivity index (χ1n) is 1.50. The highest BCUT2D eigenvalue weighted by atomic mass is 19.0. The first-order valence-corrected chi connectivity index (χ1v) is 1.50. The third-order valence-electron chi connectivity index (χ3n) is 0. The summed E-state index contributed by atoms with van der Waals surface area (Å²) in [4.78, 5) is 0. The molecule has 0 nitrogen and oxygen atoms in total. The van der Waals surface area contributed by atoms with Gasteiger partial charge in [0.1, 0.15) is 0 Å². The van der Waals surface area contributed by atoms with E-state index in [0.29, 0.717) is 0 Å². The minimum absolute atomic E-state index is 0. The van der Waals surface area contributed by atoms with Gasteiger partial charge < -0.3 is 0 Å². The summed E-state index contributed by atoms with van der Waals surface area (Å²) in [7, 11) is 0. The maximum absolute atomic E-state index is 3.00. The Morgan fingerprint density at radius 3 is 0.429 bits per heavy atom. The summed E-state index contributed by atoms with van der Waals surface area (Å²) < 4.78 is 0. The highest BCUT2D eigenvalue weighted by molar-refractivity contribution is 4.22. The quantitative estimate of drug-likeness (QED) is 0.414. The second-order valence-corrected chi connectivity index (χ2v) is 0. The predicted molar refractivity (Wildman–Crippen MR) is 36.3 cm³/mol. The van der Waals surface area contributed by atoms with Gasteiger partial charge in [-0.25, -0.2) is 0 Å². The summed E-state index contributed by atoms with van der Waals surface area (Å²) in [6, 6.07) is 0. The largest absolute Gasteiger partial charge is 0.269 e. The van der Waals surface area contributed by atoms with Crippen molar-refractivity contribution < 1.29 is 4.70 Å². The lowest BCUT2D eigenvalue weighted by atomic mass is 11.3. The van der Waals surface area contributed by atoms with E-state index in [1.54, 1.807) is 0 Å². The molecule has 0 rings (SSSR count). The van der Waals surface area contributed by atoms with Crippen molar-refractivity contribution in [2.24, 2.45) is 0 Å². The molecule has 0 aromatic heterocycles. The third-order valence-corrected chi connectivity index (χ3v) is 0. The molecule has 0 aromatic carbocycles. The van der Waals surface area contributed by atoms with E-state index in [1.807, 2.05) is 0 Å². The van der Waals surface area contributed by atoms with Crippen molar-refractivity contribution in [3.8, 4) is 0 Å². The van der Waals surface area contributed by atoms with Gasteiger partial charge in [0, 0.05) is 0 Å². The van der Waals surface area contributed by atoms with Gasteiger partial charge in [0.05, 0.1) is 0 Å². The predicted octanol–water partition coefficient (Wildman–Crippen LogP) is 2.56. The first kappa shape index (κ1) is 35.3. The lowest BCUT2D eigenvalue weighted by molar-refractivity contribution is 1.11. The average molecular weight is 104 g/mol. The molecule has 0 N–H and O–H groups in total. The summed E-state index contributed by atoms with van der Waals surface area (Å²) in [5, 5.41) is 0. The van der Waals surface area contributed by atoms with Crippen LogP contribution in [0.1, 0.15) is 0 Å². The van der Waals surface area contributed by atoms with Crippen LogP contribution in [-0.2, 0) is 0 Å². The van der Waals surface area contributed by atoms with Crippen LogP contribution in [0, 0.1) is 0 Å². The van der Waals surface area contributed by atoms with Crippen LogP contribution in [0.4, 0.5) is 4.70 Å². The summed E-state index contributed by atoms with van der Waals surface area (Å²) >= 11 is 0. The molecular formula is C6H13F. The fraction of sp³-hybridized carbons (Fsp3) is 0. The van der Waals surface area contributed by atoms with E-state index >= 15 is 0 Å². The topological polar surface area (TPSA) is 0 Å². The maximum Gasteiger partial charge on any atom is -0.106 e. The maximum atomic E-state index is 3.00. The molecule has 0 saturated heterocycles. The van der Waals surface area contributed by atoms with Gasteiger partial charge in [-0.05, 0) is 0 Å². The van der Waals surface area contributed by atoms with Gasteiger partial charge in [-0.15, -0.1) is 39.5 Å². The van der Waals surface area contributed by atoms with Crippen LogP contribution in [-0.4, -0.2) is 0 Å². The zero-order chi connectivity index (χ0) is 6.00. The molecule has 1 heteroatoms. The van der Waals surface area contributed by atoms with Crippen LogP contribution < -0.4 is 0 Å². The van der Waals surface area contributed by atoms with Crippen LogP contribution in [0.15, 0.2) is 39.5 Å². The Morgan fingerprint density at radius 1 is 0.429 bits per heavy atom.